The zero-order valence-electron chi connectivity index (χ0n) is 9.31. The van der Waals surface area contributed by atoms with Gasteiger partial charge in [0.05, 0.1) is 13.5 Å². The van der Waals surface area contributed by atoms with Crippen molar-refractivity contribution in [2.24, 2.45) is 11.3 Å². The quantitative estimate of drug-likeness (QED) is 0.496. The van der Waals surface area contributed by atoms with Crippen molar-refractivity contribution in [1.82, 2.24) is 0 Å². The van der Waals surface area contributed by atoms with Gasteiger partial charge in [-0.15, -0.1) is 0 Å². The molecule has 0 saturated heterocycles. The van der Waals surface area contributed by atoms with Crippen molar-refractivity contribution >= 4 is 5.97 Å². The number of allylic oxidation sites excluding steroid dienone is 1. The van der Waals surface area contributed by atoms with Crippen LogP contribution in [0.5, 0.6) is 0 Å². The molecule has 1 unspecified atom stereocenters. The standard InChI is InChI=1S/C11H20O2/c1-8(2)9(3)11(4,5)7-10(12)13-6/h9H,1,7H2,2-6H3. The Balaban J connectivity index is 4.38. The number of methoxy groups -OCH3 is 1. The minimum Gasteiger partial charge on any atom is -0.469 e. The normalized spacial score (nSPS) is 13.6. The molecule has 0 heterocycles. The Morgan fingerprint density at radius 2 is 2.00 bits per heavy atom. The first-order valence-corrected chi connectivity index (χ1v) is 4.53. The first-order valence-electron chi connectivity index (χ1n) is 4.53. The number of hydrogen-bond acceptors (Lipinski definition) is 2. The summed E-state index contributed by atoms with van der Waals surface area (Å²) in [5.41, 5.74) is 1.03. The Labute approximate surface area is 81.0 Å². The van der Waals surface area contributed by atoms with E-state index in [2.05, 4.69) is 32.1 Å². The van der Waals surface area contributed by atoms with Crippen LogP contribution < -0.4 is 0 Å². The molecule has 0 saturated carbocycles. The highest BCUT2D eigenvalue weighted by Gasteiger charge is 2.29. The van der Waals surface area contributed by atoms with Crippen LogP contribution in [-0.2, 0) is 9.53 Å². The second-order valence-corrected chi connectivity index (χ2v) is 4.31. The van der Waals surface area contributed by atoms with Gasteiger partial charge in [0.1, 0.15) is 0 Å². The molecule has 0 aromatic carbocycles. The van der Waals surface area contributed by atoms with Crippen LogP contribution >= 0.6 is 0 Å². The van der Waals surface area contributed by atoms with E-state index in [9.17, 15) is 4.79 Å². The van der Waals surface area contributed by atoms with Crippen LogP contribution in [0.3, 0.4) is 0 Å². The molecule has 76 valence electrons. The fourth-order valence-electron chi connectivity index (χ4n) is 1.26. The average molecular weight is 184 g/mol. The van der Waals surface area contributed by atoms with Gasteiger partial charge in [-0.05, 0) is 18.3 Å². The van der Waals surface area contributed by atoms with Crippen molar-refractivity contribution < 1.29 is 9.53 Å². The maximum atomic E-state index is 11.1. The van der Waals surface area contributed by atoms with E-state index in [-0.39, 0.29) is 11.4 Å². The number of carbonyl (C=O) groups excluding carboxylic acids is 1. The van der Waals surface area contributed by atoms with Crippen molar-refractivity contribution in [3.63, 3.8) is 0 Å². The zero-order valence-corrected chi connectivity index (χ0v) is 9.31. The summed E-state index contributed by atoms with van der Waals surface area (Å²) in [4.78, 5) is 11.1. The van der Waals surface area contributed by atoms with Gasteiger partial charge in [0.15, 0.2) is 0 Å². The van der Waals surface area contributed by atoms with E-state index in [4.69, 9.17) is 0 Å². The van der Waals surface area contributed by atoms with E-state index in [1.54, 1.807) is 0 Å². The Morgan fingerprint density at radius 3 is 2.31 bits per heavy atom. The van der Waals surface area contributed by atoms with Crippen molar-refractivity contribution in [2.75, 3.05) is 7.11 Å². The first-order chi connectivity index (χ1) is 5.81. The van der Waals surface area contributed by atoms with Crippen LogP contribution in [-0.4, -0.2) is 13.1 Å². The van der Waals surface area contributed by atoms with Crippen molar-refractivity contribution in [3.05, 3.63) is 12.2 Å². The molecule has 13 heavy (non-hydrogen) atoms. The lowest BCUT2D eigenvalue weighted by Gasteiger charge is -2.31. The highest BCUT2D eigenvalue weighted by atomic mass is 16.5. The van der Waals surface area contributed by atoms with E-state index in [0.29, 0.717) is 12.3 Å². The predicted molar refractivity (Wildman–Crippen MR) is 54.4 cm³/mol. The van der Waals surface area contributed by atoms with E-state index in [1.807, 2.05) is 6.92 Å². The van der Waals surface area contributed by atoms with E-state index < -0.39 is 0 Å². The number of ether oxygens (including phenoxy) is 1. The predicted octanol–water partition coefficient (Wildman–Crippen LogP) is 2.79. The second kappa shape index (κ2) is 4.45. The van der Waals surface area contributed by atoms with E-state index >= 15 is 0 Å². The van der Waals surface area contributed by atoms with Gasteiger partial charge >= 0.3 is 5.97 Å². The summed E-state index contributed by atoms with van der Waals surface area (Å²) < 4.78 is 4.65. The summed E-state index contributed by atoms with van der Waals surface area (Å²) in [5.74, 6) is 0.171. The molecular formula is C11H20O2. The van der Waals surface area contributed by atoms with Gasteiger partial charge in [0.2, 0.25) is 0 Å². The van der Waals surface area contributed by atoms with Crippen LogP contribution in [0.25, 0.3) is 0 Å². The highest BCUT2D eigenvalue weighted by molar-refractivity contribution is 5.70. The van der Waals surface area contributed by atoms with Crippen molar-refractivity contribution in [2.45, 2.75) is 34.1 Å². The second-order valence-electron chi connectivity index (χ2n) is 4.31. The van der Waals surface area contributed by atoms with Gasteiger partial charge in [0, 0.05) is 0 Å². The Bertz CT molecular complexity index is 204. The third kappa shape index (κ3) is 3.62. The van der Waals surface area contributed by atoms with Crippen LogP contribution in [0.1, 0.15) is 34.1 Å². The van der Waals surface area contributed by atoms with Crippen molar-refractivity contribution in [1.29, 1.82) is 0 Å². The van der Waals surface area contributed by atoms with Gasteiger partial charge < -0.3 is 4.74 Å². The highest BCUT2D eigenvalue weighted by Crippen LogP contribution is 2.34. The minimum absolute atomic E-state index is 0.0705. The fourth-order valence-corrected chi connectivity index (χ4v) is 1.26. The summed E-state index contributed by atoms with van der Waals surface area (Å²) in [5, 5.41) is 0. The van der Waals surface area contributed by atoms with Crippen LogP contribution in [0.15, 0.2) is 12.2 Å². The molecule has 0 N–H and O–H groups in total. The zero-order chi connectivity index (χ0) is 10.6. The van der Waals surface area contributed by atoms with Gasteiger partial charge in [-0.25, -0.2) is 0 Å². The van der Waals surface area contributed by atoms with E-state index in [0.717, 1.165) is 5.57 Å². The number of carbonyl (C=O) groups is 1. The molecule has 0 aliphatic rings. The topological polar surface area (TPSA) is 26.3 Å². The monoisotopic (exact) mass is 184 g/mol. The molecule has 0 aromatic rings. The summed E-state index contributed by atoms with van der Waals surface area (Å²) in [7, 11) is 1.42. The van der Waals surface area contributed by atoms with Crippen LogP contribution in [0.2, 0.25) is 0 Å². The smallest absolute Gasteiger partial charge is 0.306 e. The molecule has 0 radical (unpaired) electrons. The summed E-state index contributed by atoms with van der Waals surface area (Å²) in [6.07, 6.45) is 0.442. The third-order valence-electron chi connectivity index (χ3n) is 2.74. The molecule has 0 fully saturated rings. The largest absolute Gasteiger partial charge is 0.469 e. The Morgan fingerprint density at radius 1 is 1.54 bits per heavy atom. The van der Waals surface area contributed by atoms with Gasteiger partial charge in [0.25, 0.3) is 0 Å². The number of hydrogen-bond donors (Lipinski definition) is 0. The molecule has 1 atom stereocenters. The Hall–Kier alpha value is -0.790. The molecule has 0 aromatic heterocycles. The SMILES string of the molecule is C=C(C)C(C)C(C)(C)CC(=O)OC. The molecule has 0 aliphatic heterocycles. The van der Waals surface area contributed by atoms with Gasteiger partial charge in [-0.3, -0.25) is 4.79 Å². The molecule has 0 amide bonds. The first kappa shape index (κ1) is 12.2. The Kier molecular flexibility index (Phi) is 4.18. The maximum absolute atomic E-state index is 11.1. The van der Waals surface area contributed by atoms with Crippen molar-refractivity contribution in [3.8, 4) is 0 Å². The van der Waals surface area contributed by atoms with Crippen LogP contribution in [0.4, 0.5) is 0 Å². The maximum Gasteiger partial charge on any atom is 0.306 e. The lowest BCUT2D eigenvalue weighted by molar-refractivity contribution is -0.143. The fraction of sp³-hybridized carbons (Fsp3) is 0.727. The molecule has 2 heteroatoms. The lowest BCUT2D eigenvalue weighted by Crippen LogP contribution is -2.26. The molecule has 0 rings (SSSR count). The molecule has 0 aliphatic carbocycles. The molecule has 0 bridgehead atoms. The molecule has 0 spiro atoms. The third-order valence-corrected chi connectivity index (χ3v) is 2.74. The van der Waals surface area contributed by atoms with Gasteiger partial charge in [-0.1, -0.05) is 32.9 Å². The summed E-state index contributed by atoms with van der Waals surface area (Å²) in [6, 6.07) is 0. The van der Waals surface area contributed by atoms with E-state index in [1.165, 1.54) is 7.11 Å². The average Bonchev–Trinajstić information content (AvgIpc) is 2.01. The lowest BCUT2D eigenvalue weighted by atomic mass is 9.74. The minimum atomic E-state index is -0.155. The number of rotatable bonds is 4. The molecule has 2 nitrogen and oxygen atoms in total. The molecular weight excluding hydrogens is 164 g/mol. The summed E-state index contributed by atoms with van der Waals surface area (Å²) in [6.45, 7) is 12.1. The van der Waals surface area contributed by atoms with Crippen LogP contribution in [0, 0.1) is 11.3 Å². The van der Waals surface area contributed by atoms with Gasteiger partial charge in [-0.2, -0.15) is 0 Å². The summed E-state index contributed by atoms with van der Waals surface area (Å²) >= 11 is 0. The number of esters is 1.